The van der Waals surface area contributed by atoms with Crippen molar-refractivity contribution >= 4 is 19.8 Å². The van der Waals surface area contributed by atoms with E-state index in [-0.39, 0.29) is 12.3 Å². The molecule has 1 aromatic rings. The molecule has 0 bridgehead atoms. The van der Waals surface area contributed by atoms with Gasteiger partial charge in [0.05, 0.1) is 26.7 Å². The predicted molar refractivity (Wildman–Crippen MR) is 85.4 cm³/mol. The number of benzene rings is 1. The first-order chi connectivity index (χ1) is 9.76. The van der Waals surface area contributed by atoms with Crippen LogP contribution in [0.2, 0.25) is 19.6 Å². The van der Waals surface area contributed by atoms with Gasteiger partial charge in [-0.2, -0.15) is 5.26 Å². The number of carbonyl (C=O) groups excluding carboxylic acids is 1. The van der Waals surface area contributed by atoms with E-state index < -0.39 is 8.24 Å². The molecule has 1 aromatic carbocycles. The van der Waals surface area contributed by atoms with Gasteiger partial charge < -0.3 is 14.0 Å². The van der Waals surface area contributed by atoms with Crippen LogP contribution in [0.5, 0.6) is 11.5 Å². The molecule has 0 fully saturated rings. The van der Waals surface area contributed by atoms with Crippen molar-refractivity contribution in [3.05, 3.63) is 17.7 Å². The van der Waals surface area contributed by atoms with Crippen molar-refractivity contribution in [2.24, 2.45) is 0 Å². The molecule has 0 saturated heterocycles. The molecule has 0 N–H and O–H groups in total. The van der Waals surface area contributed by atoms with Crippen LogP contribution in [0.1, 0.15) is 12.5 Å². The van der Waals surface area contributed by atoms with Crippen LogP contribution in [0.25, 0.3) is 0 Å². The molecule has 5 nitrogen and oxygen atoms in total. The molecule has 0 aromatic heterocycles. The first kappa shape index (κ1) is 17.0. The highest BCUT2D eigenvalue weighted by Gasteiger charge is 2.30. The second-order valence-corrected chi connectivity index (χ2v) is 10.5. The Labute approximate surface area is 127 Å². The summed E-state index contributed by atoms with van der Waals surface area (Å²) in [5.74, 6) is 1.09. The third kappa shape index (κ3) is 3.76. The van der Waals surface area contributed by atoms with E-state index in [1.807, 2.05) is 4.57 Å². The SMILES string of the molecule is COc1cc(CC#N)c(N(C(C)=O)[Si](C)(C)C)cc1OC. The smallest absolute Gasteiger partial charge is 0.215 e. The second-order valence-electron chi connectivity index (χ2n) is 5.70. The summed E-state index contributed by atoms with van der Waals surface area (Å²) in [7, 11) is 1.17. The van der Waals surface area contributed by atoms with Crippen LogP contribution >= 0.6 is 0 Å². The number of carbonyl (C=O) groups is 1. The number of ether oxygens (including phenoxy) is 2. The summed E-state index contributed by atoms with van der Waals surface area (Å²) in [6.07, 6.45) is 0.212. The van der Waals surface area contributed by atoms with E-state index in [9.17, 15) is 4.79 Å². The summed E-state index contributed by atoms with van der Waals surface area (Å²) in [6.45, 7) is 7.80. The zero-order valence-electron chi connectivity index (χ0n) is 13.5. The van der Waals surface area contributed by atoms with E-state index in [4.69, 9.17) is 14.7 Å². The standard InChI is InChI=1S/C15H22N2O3Si/c1-11(18)17(21(4,5)6)13-10-15(20-3)14(19-2)9-12(13)7-8-16/h9-10H,7H2,1-6H3. The maximum absolute atomic E-state index is 12.1. The Kier molecular flexibility index (Phi) is 5.39. The van der Waals surface area contributed by atoms with Crippen LogP contribution in [0.15, 0.2) is 12.1 Å². The maximum atomic E-state index is 12.1. The van der Waals surface area contributed by atoms with Crippen LogP contribution < -0.4 is 14.0 Å². The van der Waals surface area contributed by atoms with Crippen LogP contribution in [0.3, 0.4) is 0 Å². The highest BCUT2D eigenvalue weighted by molar-refractivity contribution is 6.83. The van der Waals surface area contributed by atoms with Crippen molar-refractivity contribution in [3.8, 4) is 17.6 Å². The van der Waals surface area contributed by atoms with Crippen molar-refractivity contribution < 1.29 is 14.3 Å². The molecule has 21 heavy (non-hydrogen) atoms. The number of hydrogen-bond acceptors (Lipinski definition) is 4. The molecule has 0 heterocycles. The zero-order valence-corrected chi connectivity index (χ0v) is 14.5. The minimum absolute atomic E-state index is 0.0272. The summed E-state index contributed by atoms with van der Waals surface area (Å²) in [6, 6.07) is 5.69. The molecule has 114 valence electrons. The lowest BCUT2D eigenvalue weighted by molar-refractivity contribution is -0.115. The number of amides is 1. The second kappa shape index (κ2) is 6.63. The van der Waals surface area contributed by atoms with Crippen molar-refractivity contribution in [1.29, 1.82) is 5.26 Å². The van der Waals surface area contributed by atoms with Crippen molar-refractivity contribution in [2.75, 3.05) is 18.8 Å². The Hall–Kier alpha value is -2.00. The molecule has 0 radical (unpaired) electrons. The minimum atomic E-state index is -1.94. The van der Waals surface area contributed by atoms with Gasteiger partial charge in [0.2, 0.25) is 5.91 Å². The number of nitrogens with zero attached hydrogens (tertiary/aromatic N) is 2. The van der Waals surface area contributed by atoms with Gasteiger partial charge in [-0.3, -0.25) is 4.79 Å². The summed E-state index contributed by atoms with van der Waals surface area (Å²) >= 11 is 0. The summed E-state index contributed by atoms with van der Waals surface area (Å²) < 4.78 is 12.4. The van der Waals surface area contributed by atoms with Gasteiger partial charge in [-0.05, 0) is 11.6 Å². The van der Waals surface area contributed by atoms with Crippen molar-refractivity contribution in [2.45, 2.75) is 33.0 Å². The lowest BCUT2D eigenvalue weighted by Gasteiger charge is -2.35. The quantitative estimate of drug-likeness (QED) is 0.785. The molecular formula is C15H22N2O3Si. The molecule has 6 heteroatoms. The fraction of sp³-hybridized carbons (Fsp3) is 0.467. The number of hydrogen-bond donors (Lipinski definition) is 0. The van der Waals surface area contributed by atoms with Gasteiger partial charge in [0.25, 0.3) is 0 Å². The van der Waals surface area contributed by atoms with E-state index >= 15 is 0 Å². The Morgan fingerprint density at radius 3 is 2.14 bits per heavy atom. The van der Waals surface area contributed by atoms with E-state index in [0.717, 1.165) is 11.3 Å². The first-order valence-corrected chi connectivity index (χ1v) is 10.1. The Balaban J connectivity index is 3.58. The van der Waals surface area contributed by atoms with Gasteiger partial charge in [-0.25, -0.2) is 0 Å². The lowest BCUT2D eigenvalue weighted by Crippen LogP contribution is -2.49. The Morgan fingerprint density at radius 1 is 1.24 bits per heavy atom. The molecule has 0 aliphatic heterocycles. The van der Waals surface area contributed by atoms with Gasteiger partial charge in [0.1, 0.15) is 0 Å². The summed E-state index contributed by atoms with van der Waals surface area (Å²) in [5, 5.41) is 9.04. The van der Waals surface area contributed by atoms with Crippen molar-refractivity contribution in [1.82, 2.24) is 0 Å². The molecular weight excluding hydrogens is 284 g/mol. The molecule has 0 unspecified atom stereocenters. The number of rotatable bonds is 5. The monoisotopic (exact) mass is 306 g/mol. The Morgan fingerprint density at radius 2 is 1.76 bits per heavy atom. The van der Waals surface area contributed by atoms with Crippen LogP contribution in [0, 0.1) is 11.3 Å². The molecule has 1 amide bonds. The van der Waals surface area contributed by atoms with Crippen LogP contribution in [0.4, 0.5) is 5.69 Å². The summed E-state index contributed by atoms with van der Waals surface area (Å²) in [4.78, 5) is 12.1. The van der Waals surface area contributed by atoms with Gasteiger partial charge in [-0.15, -0.1) is 0 Å². The fourth-order valence-corrected chi connectivity index (χ4v) is 4.22. The molecule has 0 aliphatic carbocycles. The normalized spacial score (nSPS) is 10.7. The zero-order chi connectivity index (χ0) is 16.2. The number of nitriles is 1. The highest BCUT2D eigenvalue weighted by atomic mass is 28.3. The first-order valence-electron chi connectivity index (χ1n) is 6.69. The Bertz CT molecular complexity index is 574. The van der Waals surface area contributed by atoms with Crippen LogP contribution in [-0.4, -0.2) is 28.4 Å². The van der Waals surface area contributed by atoms with E-state index in [2.05, 4.69) is 25.7 Å². The number of anilines is 1. The van der Waals surface area contributed by atoms with E-state index in [0.29, 0.717) is 11.5 Å². The molecule has 0 spiro atoms. The third-order valence-corrected chi connectivity index (χ3v) is 4.98. The molecule has 0 aliphatic rings. The summed E-state index contributed by atoms with van der Waals surface area (Å²) in [5.41, 5.74) is 1.51. The molecule has 0 atom stereocenters. The molecule has 1 rings (SSSR count). The minimum Gasteiger partial charge on any atom is -0.493 e. The fourth-order valence-electron chi connectivity index (χ4n) is 2.35. The number of methoxy groups -OCH3 is 2. The predicted octanol–water partition coefficient (Wildman–Crippen LogP) is 2.96. The van der Waals surface area contributed by atoms with Gasteiger partial charge >= 0.3 is 0 Å². The van der Waals surface area contributed by atoms with Crippen LogP contribution in [-0.2, 0) is 11.2 Å². The van der Waals surface area contributed by atoms with Gasteiger partial charge in [-0.1, -0.05) is 19.6 Å². The van der Waals surface area contributed by atoms with E-state index in [1.165, 1.54) is 0 Å². The maximum Gasteiger partial charge on any atom is 0.215 e. The molecule has 0 saturated carbocycles. The van der Waals surface area contributed by atoms with E-state index in [1.54, 1.807) is 33.3 Å². The highest BCUT2D eigenvalue weighted by Crippen LogP contribution is 2.37. The average molecular weight is 306 g/mol. The topological polar surface area (TPSA) is 62.6 Å². The largest absolute Gasteiger partial charge is 0.493 e. The van der Waals surface area contributed by atoms with Gasteiger partial charge in [0.15, 0.2) is 19.7 Å². The van der Waals surface area contributed by atoms with Gasteiger partial charge in [0, 0.05) is 18.7 Å². The average Bonchev–Trinajstić information content (AvgIpc) is 2.38. The third-order valence-electron chi connectivity index (χ3n) is 3.08. The lowest BCUT2D eigenvalue weighted by atomic mass is 10.1. The van der Waals surface area contributed by atoms with Crippen molar-refractivity contribution in [3.63, 3.8) is 0 Å².